The lowest BCUT2D eigenvalue weighted by Gasteiger charge is -2.47. The third-order valence-electron chi connectivity index (χ3n) is 6.50. The third kappa shape index (κ3) is 9.00. The number of amides is 2. The van der Waals surface area contributed by atoms with Gasteiger partial charge in [0, 0.05) is 45.7 Å². The summed E-state index contributed by atoms with van der Waals surface area (Å²) in [4.78, 5) is 72.3. The SMILES string of the molecule is CCOC(=O)CCS(=O)C=C(C)C1C(NC(=O)Cc2ccccc2[N+](=O)[O-])C(=O)N1CC(=O)OCc1ccc([N+](=O)[O-])cc1. The molecule has 2 aromatic rings. The van der Waals surface area contributed by atoms with Gasteiger partial charge in [0.2, 0.25) is 11.8 Å². The Morgan fingerprint density at radius 3 is 2.34 bits per heavy atom. The minimum atomic E-state index is -1.66. The molecular weight excluding hydrogens is 600 g/mol. The van der Waals surface area contributed by atoms with Crippen molar-refractivity contribution >= 4 is 45.9 Å². The second-order valence-corrected chi connectivity index (χ2v) is 11.0. The summed E-state index contributed by atoms with van der Waals surface area (Å²) in [6.07, 6.45) is -0.498. The molecule has 0 spiro atoms. The second kappa shape index (κ2) is 15.5. The van der Waals surface area contributed by atoms with Crippen LogP contribution in [0, 0.1) is 20.2 Å². The van der Waals surface area contributed by atoms with Crippen LogP contribution in [-0.4, -0.2) is 73.7 Å². The first-order chi connectivity index (χ1) is 20.9. The van der Waals surface area contributed by atoms with Crippen LogP contribution in [0.5, 0.6) is 0 Å². The molecule has 0 aliphatic carbocycles. The number of carbonyl (C=O) groups excluding carboxylic acids is 4. The molecule has 3 unspecified atom stereocenters. The molecule has 1 aliphatic heterocycles. The predicted molar refractivity (Wildman–Crippen MR) is 155 cm³/mol. The Hall–Kier alpha value is -4.99. The van der Waals surface area contributed by atoms with Gasteiger partial charge >= 0.3 is 11.9 Å². The molecule has 3 atom stereocenters. The van der Waals surface area contributed by atoms with Crippen molar-refractivity contribution in [2.75, 3.05) is 18.9 Å². The molecule has 16 heteroatoms. The largest absolute Gasteiger partial charge is 0.466 e. The lowest BCUT2D eigenvalue weighted by molar-refractivity contribution is -0.385. The van der Waals surface area contributed by atoms with Crippen LogP contribution >= 0.6 is 0 Å². The van der Waals surface area contributed by atoms with Gasteiger partial charge in [0.1, 0.15) is 19.2 Å². The molecule has 1 fully saturated rings. The first-order valence-corrected chi connectivity index (χ1v) is 14.7. The van der Waals surface area contributed by atoms with Crippen molar-refractivity contribution in [2.24, 2.45) is 0 Å². The van der Waals surface area contributed by atoms with Crippen LogP contribution in [0.1, 0.15) is 31.4 Å². The summed E-state index contributed by atoms with van der Waals surface area (Å²) in [6.45, 7) is 2.63. The highest BCUT2D eigenvalue weighted by molar-refractivity contribution is 7.88. The van der Waals surface area contributed by atoms with Crippen LogP contribution in [0.25, 0.3) is 0 Å². The average molecular weight is 631 g/mol. The maximum atomic E-state index is 13.1. The Kier molecular flexibility index (Phi) is 11.8. The lowest BCUT2D eigenvalue weighted by Crippen LogP contribution is -2.72. The Labute approximate surface area is 253 Å². The predicted octanol–water partition coefficient (Wildman–Crippen LogP) is 2.09. The highest BCUT2D eigenvalue weighted by Gasteiger charge is 2.49. The molecule has 15 nitrogen and oxygen atoms in total. The average Bonchev–Trinajstić information content (AvgIpc) is 2.98. The molecule has 2 aromatic carbocycles. The highest BCUT2D eigenvalue weighted by Crippen LogP contribution is 2.28. The Balaban J connectivity index is 1.72. The molecule has 1 aliphatic rings. The third-order valence-corrected chi connectivity index (χ3v) is 7.74. The summed E-state index contributed by atoms with van der Waals surface area (Å²) in [7, 11) is -1.66. The van der Waals surface area contributed by atoms with Crippen LogP contribution in [-0.2, 0) is 52.5 Å². The van der Waals surface area contributed by atoms with E-state index in [1.165, 1.54) is 53.9 Å². The van der Waals surface area contributed by atoms with Crippen LogP contribution in [0.3, 0.4) is 0 Å². The first-order valence-electron chi connectivity index (χ1n) is 13.3. The van der Waals surface area contributed by atoms with E-state index in [2.05, 4.69) is 5.32 Å². The van der Waals surface area contributed by atoms with Crippen molar-refractivity contribution in [3.63, 3.8) is 0 Å². The van der Waals surface area contributed by atoms with E-state index in [0.29, 0.717) is 11.1 Å². The topological polar surface area (TPSA) is 205 Å². The number of likely N-dealkylation sites (tertiary alicyclic amines) is 1. The number of β-lactam (4-membered cyclic amide) rings is 1. The van der Waals surface area contributed by atoms with E-state index in [-0.39, 0.29) is 48.7 Å². The number of nitro groups is 2. The summed E-state index contributed by atoms with van der Waals surface area (Å²) in [5, 5.41) is 26.0. The van der Waals surface area contributed by atoms with Gasteiger partial charge in [-0.3, -0.25) is 43.6 Å². The Morgan fingerprint density at radius 2 is 1.70 bits per heavy atom. The molecule has 0 radical (unpaired) electrons. The van der Waals surface area contributed by atoms with E-state index in [0.717, 1.165) is 4.90 Å². The molecule has 1 heterocycles. The molecule has 1 saturated heterocycles. The van der Waals surface area contributed by atoms with Gasteiger partial charge in [-0.2, -0.15) is 0 Å². The van der Waals surface area contributed by atoms with Crippen molar-refractivity contribution in [1.29, 1.82) is 0 Å². The van der Waals surface area contributed by atoms with Gasteiger partial charge < -0.3 is 19.7 Å². The van der Waals surface area contributed by atoms with Crippen LogP contribution in [0.2, 0.25) is 0 Å². The van der Waals surface area contributed by atoms with E-state index in [1.807, 2.05) is 0 Å². The standard InChI is InChI=1S/C28H30N4O11S/c1-3-42-24(34)12-13-44(41)17-18(2)27-26(29-23(33)14-20-6-4-5-7-22(20)32(39)40)28(36)30(27)15-25(35)43-16-19-8-10-21(11-9-19)31(37)38/h4-11,17,26-27H,3,12-16H2,1-2H3,(H,29,33). The summed E-state index contributed by atoms with van der Waals surface area (Å²) in [5.74, 6) is -2.70. The maximum absolute atomic E-state index is 13.1. The Morgan fingerprint density at radius 1 is 1.02 bits per heavy atom. The quantitative estimate of drug-likeness (QED) is 0.130. The fraction of sp³-hybridized carbons (Fsp3) is 0.357. The van der Waals surface area contributed by atoms with Gasteiger partial charge in [0.15, 0.2) is 0 Å². The highest BCUT2D eigenvalue weighted by atomic mass is 32.2. The number of esters is 2. The summed E-state index contributed by atoms with van der Waals surface area (Å²) in [5.41, 5.74) is 0.586. The second-order valence-electron chi connectivity index (χ2n) is 9.60. The molecule has 1 N–H and O–H groups in total. The molecule has 2 amide bonds. The van der Waals surface area contributed by atoms with Crippen molar-refractivity contribution in [2.45, 2.75) is 45.4 Å². The fourth-order valence-corrected chi connectivity index (χ4v) is 5.47. The number of benzene rings is 2. The number of para-hydroxylation sites is 1. The van der Waals surface area contributed by atoms with E-state index in [4.69, 9.17) is 9.47 Å². The van der Waals surface area contributed by atoms with Crippen LogP contribution in [0.15, 0.2) is 59.5 Å². The molecule has 0 saturated carbocycles. The van der Waals surface area contributed by atoms with Gasteiger partial charge in [-0.05, 0) is 37.1 Å². The van der Waals surface area contributed by atoms with Crippen molar-refractivity contribution < 1.29 is 42.7 Å². The monoisotopic (exact) mass is 630 g/mol. The van der Waals surface area contributed by atoms with Crippen molar-refractivity contribution in [3.05, 3.63) is 90.9 Å². The van der Waals surface area contributed by atoms with Gasteiger partial charge in [0.05, 0.1) is 35.3 Å². The molecule has 3 rings (SSSR count). The number of hydrogen-bond donors (Lipinski definition) is 1. The van der Waals surface area contributed by atoms with E-state index >= 15 is 0 Å². The minimum absolute atomic E-state index is 0.0528. The molecule has 0 bridgehead atoms. The molecule has 44 heavy (non-hydrogen) atoms. The molecule has 234 valence electrons. The Bertz CT molecular complexity index is 1490. The number of carbonyl (C=O) groups is 4. The number of non-ortho nitro benzene ring substituents is 1. The van der Waals surface area contributed by atoms with Crippen molar-refractivity contribution in [3.8, 4) is 0 Å². The lowest BCUT2D eigenvalue weighted by atomic mass is 9.89. The number of nitrogens with zero attached hydrogens (tertiary/aromatic N) is 3. The van der Waals surface area contributed by atoms with E-state index in [1.54, 1.807) is 13.8 Å². The van der Waals surface area contributed by atoms with E-state index < -0.39 is 63.0 Å². The molecular formula is C28H30N4O11S. The van der Waals surface area contributed by atoms with Crippen molar-refractivity contribution in [1.82, 2.24) is 10.2 Å². The number of hydrogen-bond acceptors (Lipinski definition) is 11. The first kappa shape index (κ1) is 33.5. The molecule has 0 aromatic heterocycles. The smallest absolute Gasteiger partial charge is 0.326 e. The zero-order chi connectivity index (χ0) is 32.4. The number of nitro benzene ring substituents is 2. The maximum Gasteiger partial charge on any atom is 0.326 e. The zero-order valence-corrected chi connectivity index (χ0v) is 24.7. The van der Waals surface area contributed by atoms with E-state index in [9.17, 15) is 43.6 Å². The van der Waals surface area contributed by atoms with Crippen LogP contribution in [0.4, 0.5) is 11.4 Å². The normalized spacial score (nSPS) is 16.8. The number of nitrogens with one attached hydrogen (secondary N) is 1. The summed E-state index contributed by atoms with van der Waals surface area (Å²) in [6, 6.07) is 8.95. The van der Waals surface area contributed by atoms with Gasteiger partial charge in [0.25, 0.3) is 11.4 Å². The number of rotatable bonds is 15. The number of ether oxygens (including phenoxy) is 2. The zero-order valence-electron chi connectivity index (χ0n) is 23.8. The summed E-state index contributed by atoms with van der Waals surface area (Å²) < 4.78 is 22.7. The van der Waals surface area contributed by atoms with Gasteiger partial charge in [-0.25, -0.2) is 0 Å². The van der Waals surface area contributed by atoms with Gasteiger partial charge in [-0.15, -0.1) is 0 Å². The van der Waals surface area contributed by atoms with Gasteiger partial charge in [-0.1, -0.05) is 18.2 Å². The minimum Gasteiger partial charge on any atom is -0.466 e. The summed E-state index contributed by atoms with van der Waals surface area (Å²) >= 11 is 0. The fourth-order valence-electron chi connectivity index (χ4n) is 4.43. The van der Waals surface area contributed by atoms with Crippen LogP contribution < -0.4 is 5.32 Å².